The Bertz CT molecular complexity index is 750. The number of benzene rings is 1. The number of carbonyl (C=O) groups is 2. The first-order valence-electron chi connectivity index (χ1n) is 7.13. The summed E-state index contributed by atoms with van der Waals surface area (Å²) in [5.74, 6) is -0.987. The van der Waals surface area contributed by atoms with E-state index in [0.717, 1.165) is 11.1 Å². The van der Waals surface area contributed by atoms with Crippen molar-refractivity contribution in [3.63, 3.8) is 0 Å². The van der Waals surface area contributed by atoms with Crippen LogP contribution in [-0.2, 0) is 9.53 Å². The van der Waals surface area contributed by atoms with Gasteiger partial charge in [0.1, 0.15) is 5.56 Å². The van der Waals surface area contributed by atoms with Crippen LogP contribution in [0.25, 0.3) is 0 Å². The van der Waals surface area contributed by atoms with Gasteiger partial charge in [-0.25, -0.2) is 0 Å². The van der Waals surface area contributed by atoms with Crippen LogP contribution < -0.4 is 10.9 Å². The van der Waals surface area contributed by atoms with Crippen molar-refractivity contribution >= 4 is 11.9 Å². The summed E-state index contributed by atoms with van der Waals surface area (Å²) in [7, 11) is 1.29. The van der Waals surface area contributed by atoms with Gasteiger partial charge in [-0.15, -0.1) is 0 Å². The monoisotopic (exact) mass is 314 g/mol. The van der Waals surface area contributed by atoms with E-state index in [4.69, 9.17) is 0 Å². The fraction of sp³-hybridized carbons (Fsp3) is 0.235. The van der Waals surface area contributed by atoms with Crippen LogP contribution >= 0.6 is 0 Å². The van der Waals surface area contributed by atoms with Crippen molar-refractivity contribution in [3.05, 3.63) is 69.6 Å². The van der Waals surface area contributed by atoms with Crippen LogP contribution in [0.2, 0.25) is 0 Å². The Hall–Kier alpha value is -2.89. The molecule has 0 aliphatic heterocycles. The third kappa shape index (κ3) is 4.29. The maximum Gasteiger partial charge on any atom is 0.307 e. The second kappa shape index (κ2) is 7.40. The molecule has 2 aromatic rings. The number of H-pyrrole nitrogens is 1. The van der Waals surface area contributed by atoms with Gasteiger partial charge >= 0.3 is 5.97 Å². The van der Waals surface area contributed by atoms with Gasteiger partial charge in [0.25, 0.3) is 11.5 Å². The maximum absolute atomic E-state index is 12.3. The molecule has 0 radical (unpaired) electrons. The van der Waals surface area contributed by atoms with Crippen LogP contribution in [0.4, 0.5) is 0 Å². The van der Waals surface area contributed by atoms with E-state index in [-0.39, 0.29) is 12.0 Å². The van der Waals surface area contributed by atoms with E-state index in [0.29, 0.717) is 0 Å². The van der Waals surface area contributed by atoms with Gasteiger partial charge in [0.15, 0.2) is 0 Å². The van der Waals surface area contributed by atoms with Crippen molar-refractivity contribution in [3.8, 4) is 0 Å². The second-order valence-corrected chi connectivity index (χ2v) is 5.13. The molecule has 1 atom stereocenters. The minimum Gasteiger partial charge on any atom is -0.469 e. The highest BCUT2D eigenvalue weighted by atomic mass is 16.5. The number of methoxy groups -OCH3 is 1. The molecule has 6 heteroatoms. The standard InChI is InChI=1S/C17H18N2O4/c1-11-5-7-12(8-6-11)14(10-15(20)23-2)19-17(22)13-4-3-9-18-16(13)21/h3-9,14H,10H2,1-2H3,(H,18,21)(H,19,22)/t14-/m1/s1. The molecular formula is C17H18N2O4. The van der Waals surface area contributed by atoms with E-state index in [2.05, 4.69) is 15.0 Å². The molecule has 0 aliphatic carbocycles. The van der Waals surface area contributed by atoms with Crippen molar-refractivity contribution in [2.75, 3.05) is 7.11 Å². The molecule has 2 rings (SSSR count). The number of aromatic amines is 1. The number of hydrogen-bond acceptors (Lipinski definition) is 4. The number of amides is 1. The lowest BCUT2D eigenvalue weighted by molar-refractivity contribution is -0.141. The van der Waals surface area contributed by atoms with Gasteiger partial charge in [0.2, 0.25) is 0 Å². The number of aryl methyl sites for hydroxylation is 1. The number of aromatic nitrogens is 1. The minimum atomic E-state index is -0.574. The molecule has 0 fully saturated rings. The summed E-state index contributed by atoms with van der Waals surface area (Å²) in [5, 5.41) is 2.72. The zero-order valence-corrected chi connectivity index (χ0v) is 13.0. The lowest BCUT2D eigenvalue weighted by Gasteiger charge is -2.18. The van der Waals surface area contributed by atoms with E-state index in [1.165, 1.54) is 19.4 Å². The first-order chi connectivity index (χ1) is 11.0. The van der Waals surface area contributed by atoms with Crippen LogP contribution in [0.15, 0.2) is 47.4 Å². The zero-order valence-electron chi connectivity index (χ0n) is 13.0. The Labute approximate surface area is 133 Å². The molecule has 1 heterocycles. The summed E-state index contributed by atoms with van der Waals surface area (Å²) >= 11 is 0. The highest BCUT2D eigenvalue weighted by molar-refractivity contribution is 5.94. The fourth-order valence-corrected chi connectivity index (χ4v) is 2.14. The highest BCUT2D eigenvalue weighted by Gasteiger charge is 2.20. The zero-order chi connectivity index (χ0) is 16.8. The van der Waals surface area contributed by atoms with Crippen molar-refractivity contribution in [1.82, 2.24) is 10.3 Å². The number of esters is 1. The normalized spacial score (nSPS) is 11.6. The van der Waals surface area contributed by atoms with E-state index in [9.17, 15) is 14.4 Å². The summed E-state index contributed by atoms with van der Waals surface area (Å²) in [5.41, 5.74) is 1.35. The van der Waals surface area contributed by atoms with Crippen molar-refractivity contribution in [2.24, 2.45) is 0 Å². The molecule has 0 saturated carbocycles. The summed E-state index contributed by atoms with van der Waals surface area (Å²) in [4.78, 5) is 38.0. The molecule has 0 saturated heterocycles. The van der Waals surface area contributed by atoms with Gasteiger partial charge in [-0.1, -0.05) is 29.8 Å². The molecule has 1 amide bonds. The van der Waals surface area contributed by atoms with Crippen molar-refractivity contribution < 1.29 is 14.3 Å². The molecule has 0 bridgehead atoms. The molecule has 1 aromatic heterocycles. The molecule has 120 valence electrons. The van der Waals surface area contributed by atoms with Crippen LogP contribution in [0.3, 0.4) is 0 Å². The number of carbonyl (C=O) groups excluding carboxylic acids is 2. The predicted molar refractivity (Wildman–Crippen MR) is 85.1 cm³/mol. The molecule has 0 unspecified atom stereocenters. The van der Waals surface area contributed by atoms with Gasteiger partial charge in [0, 0.05) is 6.20 Å². The van der Waals surface area contributed by atoms with Crippen LogP contribution in [-0.4, -0.2) is 24.0 Å². The number of pyridine rings is 1. The fourth-order valence-electron chi connectivity index (χ4n) is 2.14. The van der Waals surface area contributed by atoms with Crippen LogP contribution in [0.5, 0.6) is 0 Å². The Morgan fingerprint density at radius 3 is 2.52 bits per heavy atom. The topological polar surface area (TPSA) is 88.3 Å². The average molecular weight is 314 g/mol. The lowest BCUT2D eigenvalue weighted by atomic mass is 10.0. The summed E-state index contributed by atoms with van der Waals surface area (Å²) in [6, 6.07) is 9.87. The van der Waals surface area contributed by atoms with Crippen molar-refractivity contribution in [1.29, 1.82) is 0 Å². The first kappa shape index (κ1) is 16.5. The highest BCUT2D eigenvalue weighted by Crippen LogP contribution is 2.18. The number of rotatable bonds is 5. The third-order valence-electron chi connectivity index (χ3n) is 3.45. The van der Waals surface area contributed by atoms with Gasteiger partial charge in [-0.2, -0.15) is 0 Å². The molecule has 0 aliphatic rings. The molecule has 2 N–H and O–H groups in total. The Kier molecular flexibility index (Phi) is 5.30. The summed E-state index contributed by atoms with van der Waals surface area (Å²) in [6.07, 6.45) is 1.43. The van der Waals surface area contributed by atoms with E-state index in [1.807, 2.05) is 31.2 Å². The van der Waals surface area contributed by atoms with Crippen LogP contribution in [0, 0.1) is 6.92 Å². The van der Waals surface area contributed by atoms with E-state index in [1.54, 1.807) is 6.07 Å². The smallest absolute Gasteiger partial charge is 0.307 e. The molecule has 6 nitrogen and oxygen atoms in total. The van der Waals surface area contributed by atoms with E-state index >= 15 is 0 Å². The maximum atomic E-state index is 12.3. The SMILES string of the molecule is COC(=O)C[C@@H](NC(=O)c1ccc[nH]c1=O)c1ccc(C)cc1. The average Bonchev–Trinajstić information content (AvgIpc) is 2.55. The van der Waals surface area contributed by atoms with Gasteiger partial charge in [-0.05, 0) is 24.6 Å². The number of nitrogens with one attached hydrogen (secondary N) is 2. The third-order valence-corrected chi connectivity index (χ3v) is 3.45. The van der Waals surface area contributed by atoms with Gasteiger partial charge < -0.3 is 15.0 Å². The van der Waals surface area contributed by atoms with Gasteiger partial charge in [-0.3, -0.25) is 14.4 Å². The Morgan fingerprint density at radius 2 is 1.91 bits per heavy atom. The predicted octanol–water partition coefficient (Wildman–Crippen LogP) is 1.72. The van der Waals surface area contributed by atoms with Crippen LogP contribution in [0.1, 0.15) is 33.9 Å². The lowest BCUT2D eigenvalue weighted by Crippen LogP contribution is -2.33. The first-order valence-corrected chi connectivity index (χ1v) is 7.13. The van der Waals surface area contributed by atoms with E-state index < -0.39 is 23.5 Å². The second-order valence-electron chi connectivity index (χ2n) is 5.13. The quantitative estimate of drug-likeness (QED) is 0.823. The van der Waals surface area contributed by atoms with Crippen molar-refractivity contribution in [2.45, 2.75) is 19.4 Å². The Morgan fingerprint density at radius 1 is 1.22 bits per heavy atom. The molecule has 23 heavy (non-hydrogen) atoms. The number of hydrogen-bond donors (Lipinski definition) is 2. The summed E-state index contributed by atoms with van der Waals surface area (Å²) < 4.78 is 4.68. The molecular weight excluding hydrogens is 296 g/mol. The largest absolute Gasteiger partial charge is 0.469 e. The summed E-state index contributed by atoms with van der Waals surface area (Å²) in [6.45, 7) is 1.95. The molecule has 0 spiro atoms. The minimum absolute atomic E-state index is 0.00511. The Balaban J connectivity index is 2.25. The van der Waals surface area contributed by atoms with Gasteiger partial charge in [0.05, 0.1) is 19.6 Å². The molecule has 1 aromatic carbocycles. The number of ether oxygens (including phenoxy) is 1.